The number of hydrogen-bond donors (Lipinski definition) is 1. The van der Waals surface area contributed by atoms with Gasteiger partial charge in [-0.2, -0.15) is 0 Å². The lowest BCUT2D eigenvalue weighted by molar-refractivity contribution is -0.137. The fourth-order valence-electron chi connectivity index (χ4n) is 1.32. The van der Waals surface area contributed by atoms with Crippen LogP contribution in [0.15, 0.2) is 36.4 Å². The van der Waals surface area contributed by atoms with Crippen LogP contribution in [0.3, 0.4) is 0 Å². The van der Waals surface area contributed by atoms with Gasteiger partial charge >= 0.3 is 5.97 Å². The van der Waals surface area contributed by atoms with Crippen molar-refractivity contribution >= 4 is 5.97 Å². The van der Waals surface area contributed by atoms with Crippen molar-refractivity contribution in [2.45, 2.75) is 6.10 Å². The second-order valence-corrected chi connectivity index (χ2v) is 3.16. The predicted molar refractivity (Wildman–Crippen MR) is 59.1 cm³/mol. The quantitative estimate of drug-likeness (QED) is 0.619. The number of methoxy groups -OCH3 is 2. The minimum absolute atomic E-state index is 0.0213. The number of carbonyl (C=O) groups excluding carboxylic acids is 1. The van der Waals surface area contributed by atoms with E-state index in [1.807, 2.05) is 0 Å². The lowest BCUT2D eigenvalue weighted by Gasteiger charge is -2.15. The molecule has 0 aliphatic carbocycles. The largest absolute Gasteiger partial charge is 0.496 e. The number of hydrogen-bond acceptors (Lipinski definition) is 4. The fraction of sp³-hybridized carbons (Fsp3) is 0.250. The first-order valence-corrected chi connectivity index (χ1v) is 4.70. The van der Waals surface area contributed by atoms with Gasteiger partial charge in [-0.3, -0.25) is 0 Å². The molecule has 0 radical (unpaired) electrons. The van der Waals surface area contributed by atoms with Crippen LogP contribution >= 0.6 is 0 Å². The first-order valence-electron chi connectivity index (χ1n) is 4.70. The van der Waals surface area contributed by atoms with Gasteiger partial charge in [0, 0.05) is 5.56 Å². The average Bonchev–Trinajstić information content (AvgIpc) is 2.35. The first kappa shape index (κ1) is 12.3. The van der Waals surface area contributed by atoms with Crippen molar-refractivity contribution in [2.75, 3.05) is 14.2 Å². The smallest absolute Gasteiger partial charge is 0.336 e. The molecule has 0 spiro atoms. The molecule has 4 heteroatoms. The van der Waals surface area contributed by atoms with Crippen molar-refractivity contribution < 1.29 is 19.4 Å². The molecule has 1 rings (SSSR count). The molecule has 1 unspecified atom stereocenters. The predicted octanol–water partition coefficient (Wildman–Crippen LogP) is 1.46. The summed E-state index contributed by atoms with van der Waals surface area (Å²) >= 11 is 0. The highest BCUT2D eigenvalue weighted by atomic mass is 16.5. The molecule has 0 heterocycles. The van der Waals surface area contributed by atoms with E-state index in [0.29, 0.717) is 11.3 Å². The number of rotatable bonds is 4. The number of ether oxygens (including phenoxy) is 2. The molecule has 1 atom stereocenters. The summed E-state index contributed by atoms with van der Waals surface area (Å²) in [5.74, 6) is -0.140. The van der Waals surface area contributed by atoms with Crippen LogP contribution < -0.4 is 4.74 Å². The highest BCUT2D eigenvalue weighted by Gasteiger charge is 2.21. The van der Waals surface area contributed by atoms with Gasteiger partial charge in [0.1, 0.15) is 11.9 Å². The van der Waals surface area contributed by atoms with E-state index in [2.05, 4.69) is 11.3 Å². The number of esters is 1. The Hall–Kier alpha value is -1.81. The Morgan fingerprint density at radius 1 is 1.38 bits per heavy atom. The lowest BCUT2D eigenvalue weighted by Crippen LogP contribution is -2.12. The van der Waals surface area contributed by atoms with E-state index in [1.54, 1.807) is 24.3 Å². The number of carbonyl (C=O) groups is 1. The zero-order chi connectivity index (χ0) is 12.1. The number of aliphatic hydroxyl groups excluding tert-OH is 1. The molecule has 0 saturated carbocycles. The number of benzene rings is 1. The molecule has 0 bridgehead atoms. The number of para-hydroxylation sites is 1. The standard InChI is InChI=1S/C12H14O4/c1-8(12(14)16-3)11(13)9-6-4-5-7-10(9)15-2/h4-7,11,13H,1H2,2-3H3. The molecule has 16 heavy (non-hydrogen) atoms. The maximum absolute atomic E-state index is 11.2. The van der Waals surface area contributed by atoms with E-state index in [1.165, 1.54) is 14.2 Å². The fourth-order valence-corrected chi connectivity index (χ4v) is 1.32. The van der Waals surface area contributed by atoms with Crippen molar-refractivity contribution in [1.29, 1.82) is 0 Å². The minimum atomic E-state index is -1.12. The summed E-state index contributed by atoms with van der Waals surface area (Å²) in [6, 6.07) is 6.88. The van der Waals surface area contributed by atoms with Crippen LogP contribution in [-0.4, -0.2) is 25.3 Å². The van der Waals surface area contributed by atoms with Gasteiger partial charge in [0.2, 0.25) is 0 Å². The normalized spacial score (nSPS) is 11.7. The van der Waals surface area contributed by atoms with Gasteiger partial charge in [-0.25, -0.2) is 4.79 Å². The minimum Gasteiger partial charge on any atom is -0.496 e. The lowest BCUT2D eigenvalue weighted by atomic mass is 10.0. The molecule has 0 aliphatic heterocycles. The zero-order valence-corrected chi connectivity index (χ0v) is 9.27. The van der Waals surface area contributed by atoms with Crippen molar-refractivity contribution in [3.05, 3.63) is 42.0 Å². The second-order valence-electron chi connectivity index (χ2n) is 3.16. The van der Waals surface area contributed by atoms with Crippen molar-refractivity contribution in [1.82, 2.24) is 0 Å². The van der Waals surface area contributed by atoms with E-state index in [9.17, 15) is 9.90 Å². The zero-order valence-electron chi connectivity index (χ0n) is 9.27. The molecule has 0 saturated heterocycles. The Labute approximate surface area is 94.1 Å². The van der Waals surface area contributed by atoms with Gasteiger partial charge < -0.3 is 14.6 Å². The van der Waals surface area contributed by atoms with Crippen LogP contribution in [0.2, 0.25) is 0 Å². The third-order valence-corrected chi connectivity index (χ3v) is 2.21. The first-order chi connectivity index (χ1) is 7.61. The Morgan fingerprint density at radius 3 is 2.56 bits per heavy atom. The second kappa shape index (κ2) is 5.32. The van der Waals surface area contributed by atoms with Crippen LogP contribution in [-0.2, 0) is 9.53 Å². The van der Waals surface area contributed by atoms with Gasteiger partial charge in [0.25, 0.3) is 0 Å². The van der Waals surface area contributed by atoms with E-state index < -0.39 is 12.1 Å². The SMILES string of the molecule is C=C(C(=O)OC)C(O)c1ccccc1OC. The van der Waals surface area contributed by atoms with Crippen LogP contribution in [0.1, 0.15) is 11.7 Å². The van der Waals surface area contributed by atoms with E-state index in [-0.39, 0.29) is 5.57 Å². The molecule has 0 amide bonds. The highest BCUT2D eigenvalue weighted by molar-refractivity contribution is 5.89. The third kappa shape index (κ3) is 2.41. The number of aliphatic hydroxyl groups is 1. The summed E-state index contributed by atoms with van der Waals surface area (Å²) in [6.07, 6.45) is -1.12. The summed E-state index contributed by atoms with van der Waals surface area (Å²) in [4.78, 5) is 11.2. The monoisotopic (exact) mass is 222 g/mol. The van der Waals surface area contributed by atoms with Crippen LogP contribution in [0.4, 0.5) is 0 Å². The van der Waals surface area contributed by atoms with Gasteiger partial charge in [-0.05, 0) is 6.07 Å². The van der Waals surface area contributed by atoms with Crippen LogP contribution in [0.25, 0.3) is 0 Å². The summed E-state index contributed by atoms with van der Waals surface area (Å²) in [5, 5.41) is 9.92. The van der Waals surface area contributed by atoms with Gasteiger partial charge in [-0.15, -0.1) is 0 Å². The summed E-state index contributed by atoms with van der Waals surface area (Å²) in [6.45, 7) is 3.50. The Kier molecular flexibility index (Phi) is 4.08. The molecular formula is C12H14O4. The molecule has 1 aromatic carbocycles. The summed E-state index contributed by atoms with van der Waals surface area (Å²) in [7, 11) is 2.73. The Bertz CT molecular complexity index is 398. The van der Waals surface area contributed by atoms with Crippen molar-refractivity contribution in [2.24, 2.45) is 0 Å². The van der Waals surface area contributed by atoms with E-state index in [0.717, 1.165) is 0 Å². The van der Waals surface area contributed by atoms with Crippen molar-refractivity contribution in [3.8, 4) is 5.75 Å². The molecule has 0 aromatic heterocycles. The topological polar surface area (TPSA) is 55.8 Å². The maximum atomic E-state index is 11.2. The molecule has 0 aliphatic rings. The molecule has 86 valence electrons. The van der Waals surface area contributed by atoms with E-state index >= 15 is 0 Å². The molecule has 4 nitrogen and oxygen atoms in total. The maximum Gasteiger partial charge on any atom is 0.336 e. The molecular weight excluding hydrogens is 208 g/mol. The van der Waals surface area contributed by atoms with Gasteiger partial charge in [0.15, 0.2) is 0 Å². The Morgan fingerprint density at radius 2 is 2.00 bits per heavy atom. The van der Waals surface area contributed by atoms with Gasteiger partial charge in [-0.1, -0.05) is 24.8 Å². The summed E-state index contributed by atoms with van der Waals surface area (Å²) in [5.41, 5.74) is 0.465. The molecule has 1 N–H and O–H groups in total. The molecule has 0 fully saturated rings. The summed E-state index contributed by atoms with van der Waals surface area (Å²) < 4.78 is 9.57. The van der Waals surface area contributed by atoms with Crippen LogP contribution in [0, 0.1) is 0 Å². The highest BCUT2D eigenvalue weighted by Crippen LogP contribution is 2.29. The average molecular weight is 222 g/mol. The Balaban J connectivity index is 3.00. The van der Waals surface area contributed by atoms with Crippen molar-refractivity contribution in [3.63, 3.8) is 0 Å². The van der Waals surface area contributed by atoms with Gasteiger partial charge in [0.05, 0.1) is 19.8 Å². The van der Waals surface area contributed by atoms with Crippen LogP contribution in [0.5, 0.6) is 5.75 Å². The third-order valence-electron chi connectivity index (χ3n) is 2.21. The molecule has 1 aromatic rings. The van der Waals surface area contributed by atoms with E-state index in [4.69, 9.17) is 4.74 Å².